The van der Waals surface area contributed by atoms with E-state index in [1.165, 1.54) is 11.0 Å². The third-order valence-corrected chi connectivity index (χ3v) is 3.24. The lowest BCUT2D eigenvalue weighted by Gasteiger charge is -2.32. The van der Waals surface area contributed by atoms with Crippen molar-refractivity contribution in [2.75, 3.05) is 26.9 Å². The first-order valence-electron chi connectivity index (χ1n) is 6.55. The highest BCUT2D eigenvalue weighted by molar-refractivity contribution is 5.94. The Bertz CT molecular complexity index is 555. The highest BCUT2D eigenvalue weighted by Gasteiger charge is 2.31. The minimum Gasteiger partial charge on any atom is -0.496 e. The van der Waals surface area contributed by atoms with E-state index in [-0.39, 0.29) is 19.1 Å². The zero-order chi connectivity index (χ0) is 15.2. The molecule has 1 heterocycles. The number of carboxylic acids is 1. The maximum absolute atomic E-state index is 12.2. The van der Waals surface area contributed by atoms with Gasteiger partial charge in [-0.3, -0.25) is 4.79 Å². The average molecular weight is 291 g/mol. The second-order valence-corrected chi connectivity index (χ2v) is 4.54. The number of methoxy groups -OCH3 is 1. The SMILES string of the molecule is COc1ccccc1/C=C/C(=O)N1CCOCC1C(=O)O. The number of carbonyl (C=O) groups is 2. The predicted octanol–water partition coefficient (Wildman–Crippen LogP) is 1.02. The number of hydrogen-bond donors (Lipinski definition) is 1. The van der Waals surface area contributed by atoms with E-state index in [9.17, 15) is 9.59 Å². The number of hydrogen-bond acceptors (Lipinski definition) is 4. The topological polar surface area (TPSA) is 76.1 Å². The molecule has 2 rings (SSSR count). The van der Waals surface area contributed by atoms with E-state index in [2.05, 4.69) is 0 Å². The molecule has 1 aliphatic rings. The molecule has 6 heteroatoms. The highest BCUT2D eigenvalue weighted by atomic mass is 16.5. The molecule has 1 fully saturated rings. The van der Waals surface area contributed by atoms with Crippen molar-refractivity contribution in [2.24, 2.45) is 0 Å². The third kappa shape index (κ3) is 3.61. The van der Waals surface area contributed by atoms with Crippen LogP contribution in [-0.4, -0.2) is 54.8 Å². The van der Waals surface area contributed by atoms with Crippen molar-refractivity contribution < 1.29 is 24.2 Å². The standard InChI is InChI=1S/C15H17NO5/c1-20-13-5-3-2-4-11(13)6-7-14(17)16-8-9-21-10-12(16)15(18)19/h2-7,12H,8-10H2,1H3,(H,18,19)/b7-6+. The molecule has 21 heavy (non-hydrogen) atoms. The molecule has 1 aromatic carbocycles. The predicted molar refractivity (Wildman–Crippen MR) is 76.0 cm³/mol. The van der Waals surface area contributed by atoms with E-state index in [0.717, 1.165) is 5.56 Å². The molecule has 1 saturated heterocycles. The quantitative estimate of drug-likeness (QED) is 0.838. The van der Waals surface area contributed by atoms with Gasteiger partial charge in [0.25, 0.3) is 0 Å². The lowest BCUT2D eigenvalue weighted by Crippen LogP contribution is -2.52. The molecule has 6 nitrogen and oxygen atoms in total. The summed E-state index contributed by atoms with van der Waals surface area (Å²) in [5, 5.41) is 9.11. The largest absolute Gasteiger partial charge is 0.496 e. The normalized spacial score (nSPS) is 18.7. The summed E-state index contributed by atoms with van der Waals surface area (Å²) in [5.41, 5.74) is 0.758. The van der Waals surface area contributed by atoms with Crippen molar-refractivity contribution in [3.8, 4) is 5.75 Å². The van der Waals surface area contributed by atoms with E-state index in [4.69, 9.17) is 14.6 Å². The van der Waals surface area contributed by atoms with Gasteiger partial charge in [0.15, 0.2) is 6.04 Å². The molecule has 1 amide bonds. The molecule has 1 aromatic rings. The van der Waals surface area contributed by atoms with Gasteiger partial charge in [0, 0.05) is 18.2 Å². The summed E-state index contributed by atoms with van der Waals surface area (Å²) in [7, 11) is 1.55. The molecule has 0 spiro atoms. The Morgan fingerprint density at radius 1 is 1.43 bits per heavy atom. The Balaban J connectivity index is 2.12. The van der Waals surface area contributed by atoms with Crippen LogP contribution in [0, 0.1) is 0 Å². The molecule has 0 aromatic heterocycles. The Labute approximate surface area is 122 Å². The number of ether oxygens (including phenoxy) is 2. The maximum atomic E-state index is 12.2. The Hall–Kier alpha value is -2.34. The van der Waals surface area contributed by atoms with Gasteiger partial charge in [-0.25, -0.2) is 4.79 Å². The molecule has 1 aliphatic heterocycles. The molecule has 1 N–H and O–H groups in total. The van der Waals surface area contributed by atoms with Gasteiger partial charge in [-0.1, -0.05) is 18.2 Å². The van der Waals surface area contributed by atoms with Crippen molar-refractivity contribution >= 4 is 18.0 Å². The van der Waals surface area contributed by atoms with E-state index in [1.807, 2.05) is 18.2 Å². The first-order valence-corrected chi connectivity index (χ1v) is 6.55. The number of benzene rings is 1. The van der Waals surface area contributed by atoms with Gasteiger partial charge in [-0.2, -0.15) is 0 Å². The second kappa shape index (κ2) is 6.90. The van der Waals surface area contributed by atoms with E-state index >= 15 is 0 Å². The first kappa shape index (κ1) is 15.1. The van der Waals surface area contributed by atoms with Crippen LogP contribution in [0.1, 0.15) is 5.56 Å². The molecular formula is C15H17NO5. The number of carbonyl (C=O) groups excluding carboxylic acids is 1. The number of amides is 1. The Morgan fingerprint density at radius 2 is 2.19 bits per heavy atom. The summed E-state index contributed by atoms with van der Waals surface area (Å²) >= 11 is 0. The van der Waals surface area contributed by atoms with Gasteiger partial charge in [0.05, 0.1) is 20.3 Å². The summed E-state index contributed by atoms with van der Waals surface area (Å²) in [4.78, 5) is 24.6. The van der Waals surface area contributed by atoms with Crippen LogP contribution in [0.25, 0.3) is 6.08 Å². The Kier molecular flexibility index (Phi) is 4.94. The second-order valence-electron chi connectivity index (χ2n) is 4.54. The van der Waals surface area contributed by atoms with Crippen molar-refractivity contribution in [3.63, 3.8) is 0 Å². The highest BCUT2D eigenvalue weighted by Crippen LogP contribution is 2.19. The monoisotopic (exact) mass is 291 g/mol. The zero-order valence-electron chi connectivity index (χ0n) is 11.7. The van der Waals surface area contributed by atoms with Gasteiger partial charge >= 0.3 is 5.97 Å². The maximum Gasteiger partial charge on any atom is 0.328 e. The van der Waals surface area contributed by atoms with Crippen molar-refractivity contribution in [3.05, 3.63) is 35.9 Å². The summed E-state index contributed by atoms with van der Waals surface area (Å²) in [6, 6.07) is 6.34. The number of morpholine rings is 1. The fourth-order valence-electron chi connectivity index (χ4n) is 2.13. The summed E-state index contributed by atoms with van der Waals surface area (Å²) in [6.45, 7) is 0.633. The summed E-state index contributed by atoms with van der Waals surface area (Å²) in [5.74, 6) is -0.761. The van der Waals surface area contributed by atoms with Crippen LogP contribution < -0.4 is 4.74 Å². The fraction of sp³-hybridized carbons (Fsp3) is 0.333. The molecule has 0 radical (unpaired) electrons. The minimum absolute atomic E-state index is 0.0174. The van der Waals surface area contributed by atoms with E-state index in [0.29, 0.717) is 12.4 Å². The van der Waals surface area contributed by atoms with Crippen LogP contribution in [0.3, 0.4) is 0 Å². The number of nitrogens with zero attached hydrogens (tertiary/aromatic N) is 1. The number of carboxylic acid groups (broad SMARTS) is 1. The van der Waals surface area contributed by atoms with Crippen molar-refractivity contribution in [1.82, 2.24) is 4.90 Å². The smallest absolute Gasteiger partial charge is 0.328 e. The van der Waals surface area contributed by atoms with Crippen molar-refractivity contribution in [2.45, 2.75) is 6.04 Å². The van der Waals surface area contributed by atoms with Crippen LogP contribution in [0.5, 0.6) is 5.75 Å². The lowest BCUT2D eigenvalue weighted by atomic mass is 10.1. The van der Waals surface area contributed by atoms with Crippen LogP contribution >= 0.6 is 0 Å². The van der Waals surface area contributed by atoms with E-state index < -0.39 is 12.0 Å². The first-order chi connectivity index (χ1) is 10.1. The molecule has 112 valence electrons. The Morgan fingerprint density at radius 3 is 2.90 bits per heavy atom. The molecule has 0 aliphatic carbocycles. The molecule has 0 bridgehead atoms. The van der Waals surface area contributed by atoms with Gasteiger partial charge < -0.3 is 19.5 Å². The minimum atomic E-state index is -1.06. The zero-order valence-corrected chi connectivity index (χ0v) is 11.7. The summed E-state index contributed by atoms with van der Waals surface area (Å²) in [6.07, 6.45) is 2.98. The molecule has 1 unspecified atom stereocenters. The van der Waals surface area contributed by atoms with Crippen molar-refractivity contribution in [1.29, 1.82) is 0 Å². The number of para-hydroxylation sites is 1. The lowest BCUT2D eigenvalue weighted by molar-refractivity contribution is -0.156. The van der Waals surface area contributed by atoms with Gasteiger partial charge in [-0.05, 0) is 12.1 Å². The van der Waals surface area contributed by atoms with Gasteiger partial charge in [0.1, 0.15) is 5.75 Å². The average Bonchev–Trinajstić information content (AvgIpc) is 2.52. The van der Waals surface area contributed by atoms with Crippen LogP contribution in [-0.2, 0) is 14.3 Å². The molecule has 1 atom stereocenters. The van der Waals surface area contributed by atoms with Crippen LogP contribution in [0.4, 0.5) is 0 Å². The summed E-state index contributed by atoms with van der Waals surface area (Å²) < 4.78 is 10.3. The number of rotatable bonds is 4. The van der Waals surface area contributed by atoms with Crippen LogP contribution in [0.2, 0.25) is 0 Å². The van der Waals surface area contributed by atoms with Gasteiger partial charge in [-0.15, -0.1) is 0 Å². The molecular weight excluding hydrogens is 274 g/mol. The van der Waals surface area contributed by atoms with E-state index in [1.54, 1.807) is 19.3 Å². The third-order valence-electron chi connectivity index (χ3n) is 3.24. The molecule has 0 saturated carbocycles. The van der Waals surface area contributed by atoms with Crippen LogP contribution in [0.15, 0.2) is 30.3 Å². The fourth-order valence-corrected chi connectivity index (χ4v) is 2.13. The van der Waals surface area contributed by atoms with Gasteiger partial charge in [0.2, 0.25) is 5.91 Å². The number of aliphatic carboxylic acids is 1.